The number of nitrogens with one attached hydrogen (secondary N) is 12. The van der Waals surface area contributed by atoms with Gasteiger partial charge in [-0.3, -0.25) is 29.8 Å². The molecule has 0 saturated heterocycles. The van der Waals surface area contributed by atoms with E-state index >= 15 is 0 Å². The third-order valence-corrected chi connectivity index (χ3v) is 10.8. The zero-order valence-electron chi connectivity index (χ0n) is 48.7. The number of nitrogen functional groups attached to an aromatic ring is 1. The summed E-state index contributed by atoms with van der Waals surface area (Å²) in [5.41, 5.74) is 26.8. The number of nitrogens with two attached hydrogens (primary N) is 3. The molecule has 0 bridgehead atoms. The second kappa shape index (κ2) is 43.6. The molecule has 32 heteroatoms. The number of amides is 8. The van der Waals surface area contributed by atoms with Gasteiger partial charge in [-0.15, -0.1) is 11.6 Å². The van der Waals surface area contributed by atoms with Crippen molar-refractivity contribution < 1.29 is 43.4 Å². The Labute approximate surface area is 508 Å². The number of nitriles is 1. The van der Waals surface area contributed by atoms with E-state index in [1.54, 1.807) is 18.4 Å². The third-order valence-electron chi connectivity index (χ3n) is 10.3. The molecule has 2 heterocycles. The highest BCUT2D eigenvalue weighted by Crippen LogP contribution is 2.33. The van der Waals surface area contributed by atoms with Crippen molar-refractivity contribution in [1.82, 2.24) is 58.0 Å². The number of aromatic amines is 2. The van der Waals surface area contributed by atoms with Crippen LogP contribution in [0.5, 0.6) is 0 Å². The predicted octanol–water partition coefficient (Wildman–Crippen LogP) is 4.50. The molecule has 0 radical (unpaired) electrons. The number of carboxylic acid groups (broad SMARTS) is 2. The fraction of sp³-hybridized carbons (Fsp3) is 0.453. The summed E-state index contributed by atoms with van der Waals surface area (Å²) in [5.74, 6) is -0.927. The molecule has 0 aliphatic heterocycles. The first-order valence-electron chi connectivity index (χ1n) is 26.4. The van der Waals surface area contributed by atoms with E-state index in [1.165, 1.54) is 22.3 Å². The van der Waals surface area contributed by atoms with Crippen molar-refractivity contribution in [3.05, 3.63) is 98.1 Å². The highest BCUT2D eigenvalue weighted by atomic mass is 35.5. The smallest absolute Gasteiger partial charge is 0.332 e. The first-order chi connectivity index (χ1) is 40.1. The summed E-state index contributed by atoms with van der Waals surface area (Å²) >= 11 is 14.9. The van der Waals surface area contributed by atoms with Crippen LogP contribution in [0.2, 0.25) is 0 Å². The molecular formula is C53H81ClN18O11S2. The van der Waals surface area contributed by atoms with Gasteiger partial charge in [0.05, 0.1) is 37.4 Å². The summed E-state index contributed by atoms with van der Waals surface area (Å²) in [6.45, 7) is 15.9. The number of alkyl halides is 1. The SMILES string of the molecule is C/C(CC1=CCc2ccccc21)=N\NC(N)=S.CC(C)NC(=S)Nc1c(N)[nH]c(=O)[nH]c1=O.CC1=C/C(=N\NC(N)=O)CC(C)(C)C1.CCCCNC(=O)NCc1ccco1.N#CCNC(=O)NCCCl.O=C(O)CCNC(=O)NCCC(=O)O. The summed E-state index contributed by atoms with van der Waals surface area (Å²) in [6, 6.07) is 12.3. The number of hydrogen-bond donors (Lipinski definition) is 17. The molecule has 0 saturated carbocycles. The standard InChI is InChI=1S/C13H15N3S.C10H17N3O.C10H16N2O2.C8H13N5O2S.C7H12N2O5.C5H8ClN3O/c1-9(15-16-13(14)17)8-11-7-6-10-4-2-3-5-12(10)11;1-7-4-8(12-13-9(11)14)6-10(2,3)5-7;1-2-3-6-11-10(13)12-8-9-5-4-7-14-9;1-3(2)10-8(16)11-4-5(9)12-7(15)13-6(4)14;10-5(11)1-3-8-7(14)9-4-2-6(12)13;6-1-3-8-5(10)9-4-2-7/h2-5,7H,6,8H2,1H3,(H3,14,16,17);4H,5-6H2,1-3H3,(H3,11,13,14);4-5,7H,2-3,6,8H2,1H3,(H2,11,12,13);3H,1-2H3,(H2,10,11,16)(H4,9,12,13,14,15);1-4H2,(H,10,11)(H,12,13)(H2,8,9,14);1,3-4H2,(H2,8,9,10)/b15-9+;12-8+;;;;. The minimum atomic E-state index is -1.00. The number of hydrazone groups is 2. The summed E-state index contributed by atoms with van der Waals surface area (Å²) in [4.78, 5) is 89.5. The van der Waals surface area contributed by atoms with Gasteiger partial charge in [0.15, 0.2) is 10.2 Å². The Balaban J connectivity index is 0.00000100. The van der Waals surface area contributed by atoms with Gasteiger partial charge >= 0.3 is 41.8 Å². The van der Waals surface area contributed by atoms with Crippen LogP contribution in [-0.4, -0.2) is 123 Å². The van der Waals surface area contributed by atoms with Gasteiger partial charge in [0.2, 0.25) is 0 Å². The number of carbonyl (C=O) groups excluding carboxylic acids is 4. The first kappa shape index (κ1) is 76.0. The average molecular weight is 1250 g/mol. The Morgan fingerprint density at radius 3 is 2.02 bits per heavy atom. The maximum atomic E-state index is 11.4. The molecule has 2 aliphatic rings. The second-order valence-electron chi connectivity index (χ2n) is 19.1. The lowest BCUT2D eigenvalue weighted by molar-refractivity contribution is -0.137. The number of urea groups is 4. The largest absolute Gasteiger partial charge is 0.481 e. The lowest BCUT2D eigenvalue weighted by Crippen LogP contribution is -2.37. The molecule has 85 heavy (non-hydrogen) atoms. The van der Waals surface area contributed by atoms with Crippen LogP contribution >= 0.6 is 36.0 Å². The Hall–Kier alpha value is -9.02. The fourth-order valence-electron chi connectivity index (χ4n) is 6.91. The lowest BCUT2D eigenvalue weighted by atomic mass is 9.77. The Kier molecular flexibility index (Phi) is 39.0. The van der Waals surface area contributed by atoms with Gasteiger partial charge in [0.25, 0.3) is 5.56 Å². The van der Waals surface area contributed by atoms with E-state index in [0.29, 0.717) is 19.0 Å². The number of carbonyl (C=O) groups is 6. The number of halogens is 1. The van der Waals surface area contributed by atoms with Crippen LogP contribution in [0.25, 0.3) is 5.57 Å². The van der Waals surface area contributed by atoms with Crippen molar-refractivity contribution in [2.24, 2.45) is 27.1 Å². The maximum absolute atomic E-state index is 11.4. The van der Waals surface area contributed by atoms with Crippen molar-refractivity contribution in [3.63, 3.8) is 0 Å². The molecule has 0 unspecified atom stereocenters. The molecular weight excluding hydrogens is 1160 g/mol. The quantitative estimate of drug-likeness (QED) is 0.0185. The molecule has 8 amide bonds. The van der Waals surface area contributed by atoms with Gasteiger partial charge in [-0.1, -0.05) is 63.1 Å². The molecule has 3 aromatic rings. The molecule has 0 atom stereocenters. The van der Waals surface area contributed by atoms with Crippen LogP contribution in [0.3, 0.4) is 0 Å². The van der Waals surface area contributed by atoms with Gasteiger partial charge in [0.1, 0.15) is 23.8 Å². The minimum absolute atomic E-state index is 0.0219. The molecule has 0 fully saturated rings. The third kappa shape index (κ3) is 40.0. The number of unbranched alkanes of at least 4 members (excludes halogenated alkanes) is 1. The van der Waals surface area contributed by atoms with Crippen LogP contribution in [0.15, 0.2) is 84.6 Å². The van der Waals surface area contributed by atoms with E-state index in [2.05, 4.69) is 127 Å². The van der Waals surface area contributed by atoms with E-state index in [-0.39, 0.29) is 77.7 Å². The molecule has 468 valence electrons. The number of thiocarbonyl (C=S) groups is 2. The van der Waals surface area contributed by atoms with E-state index in [0.717, 1.165) is 62.3 Å². The van der Waals surface area contributed by atoms with Crippen LogP contribution in [-0.2, 0) is 22.6 Å². The van der Waals surface area contributed by atoms with Crippen molar-refractivity contribution in [3.8, 4) is 6.07 Å². The molecule has 1 aromatic carbocycles. The Morgan fingerprint density at radius 1 is 0.871 bits per heavy atom. The fourth-order valence-corrected chi connectivity index (χ4v) is 7.39. The van der Waals surface area contributed by atoms with Crippen molar-refractivity contribution >= 4 is 111 Å². The molecule has 2 aromatic heterocycles. The number of anilines is 2. The van der Waals surface area contributed by atoms with E-state index in [4.69, 9.17) is 73.1 Å². The van der Waals surface area contributed by atoms with Gasteiger partial charge < -0.3 is 74.4 Å². The van der Waals surface area contributed by atoms with E-state index < -0.39 is 35.2 Å². The van der Waals surface area contributed by atoms with Gasteiger partial charge in [-0.2, -0.15) is 15.5 Å². The average Bonchev–Trinajstić information content (AvgIpc) is 4.20. The number of primary amides is 1. The molecule has 20 N–H and O–H groups in total. The summed E-state index contributed by atoms with van der Waals surface area (Å²) in [7, 11) is 0. The summed E-state index contributed by atoms with van der Waals surface area (Å²) < 4.78 is 5.07. The number of carboxylic acids is 2. The minimum Gasteiger partial charge on any atom is -0.481 e. The maximum Gasteiger partial charge on any atom is 0.332 e. The van der Waals surface area contributed by atoms with Gasteiger partial charge in [-0.05, 0) is 118 Å². The number of allylic oxidation sites excluding steroid dienone is 4. The molecule has 2 aliphatic carbocycles. The number of furan rings is 1. The van der Waals surface area contributed by atoms with Gasteiger partial charge in [-0.25, -0.2) is 29.4 Å². The molecule has 5 rings (SSSR count). The van der Waals surface area contributed by atoms with Crippen LogP contribution in [0, 0.1) is 16.7 Å². The highest BCUT2D eigenvalue weighted by molar-refractivity contribution is 7.80. The van der Waals surface area contributed by atoms with Crippen LogP contribution in [0.4, 0.5) is 30.7 Å². The number of rotatable bonds is 20. The Morgan fingerprint density at radius 2 is 1.48 bits per heavy atom. The number of nitrogens with zero attached hydrogens (tertiary/aromatic N) is 3. The number of H-pyrrole nitrogens is 2. The lowest BCUT2D eigenvalue weighted by Gasteiger charge is -2.29. The summed E-state index contributed by atoms with van der Waals surface area (Å²) in [6.07, 6.45) is 11.4. The molecule has 0 spiro atoms. The predicted molar refractivity (Wildman–Crippen MR) is 337 cm³/mol. The van der Waals surface area contributed by atoms with E-state index in [1.807, 2.05) is 37.9 Å². The Bertz CT molecular complexity index is 2900. The van der Waals surface area contributed by atoms with Crippen molar-refractivity contribution in [2.45, 2.75) is 112 Å². The topological polar surface area (TPSA) is 469 Å². The number of hydrogen-bond acceptors (Lipinski definition) is 15. The van der Waals surface area contributed by atoms with Crippen LogP contribution in [0.1, 0.15) is 110 Å². The number of benzene rings is 1. The zero-order chi connectivity index (χ0) is 64.3. The number of aliphatic carboxylic acids is 2. The monoisotopic (exact) mass is 1240 g/mol. The van der Waals surface area contributed by atoms with Gasteiger partial charge in [0, 0.05) is 50.2 Å². The number of aromatic nitrogens is 2. The zero-order valence-corrected chi connectivity index (χ0v) is 51.1. The van der Waals surface area contributed by atoms with Crippen molar-refractivity contribution in [2.75, 3.05) is 49.7 Å². The number of fused-ring (bicyclic) bond motifs is 1. The summed E-state index contributed by atoms with van der Waals surface area (Å²) in [5, 5.41) is 53.2. The van der Waals surface area contributed by atoms with E-state index in [9.17, 15) is 38.4 Å². The van der Waals surface area contributed by atoms with Crippen LogP contribution < -0.4 is 81.8 Å². The second-order valence-corrected chi connectivity index (χ2v) is 20.3. The molecule has 29 nitrogen and oxygen atoms in total. The van der Waals surface area contributed by atoms with Crippen molar-refractivity contribution in [1.29, 1.82) is 5.26 Å². The normalized spacial score (nSPS) is 12.6. The highest BCUT2D eigenvalue weighted by Gasteiger charge is 2.24. The first-order valence-corrected chi connectivity index (χ1v) is 27.7.